The predicted molar refractivity (Wildman–Crippen MR) is 75.5 cm³/mol. The summed E-state index contributed by atoms with van der Waals surface area (Å²) in [6.45, 7) is 5.13. The van der Waals surface area contributed by atoms with Crippen LogP contribution >= 0.6 is 11.3 Å². The molecule has 0 aromatic carbocycles. The molecule has 4 heteroatoms. The molecule has 2 heterocycles. The third-order valence-corrected chi connectivity index (χ3v) is 4.40. The van der Waals surface area contributed by atoms with Crippen LogP contribution in [0.1, 0.15) is 50.6 Å². The summed E-state index contributed by atoms with van der Waals surface area (Å²) in [6.07, 6.45) is 4.45. The Kier molecular flexibility index (Phi) is 4.78. The Labute approximate surface area is 113 Å². The van der Waals surface area contributed by atoms with Gasteiger partial charge in [-0.05, 0) is 24.3 Å². The molecule has 100 valence electrons. The van der Waals surface area contributed by atoms with E-state index in [4.69, 9.17) is 0 Å². The molecule has 18 heavy (non-hydrogen) atoms. The van der Waals surface area contributed by atoms with Gasteiger partial charge in [0, 0.05) is 11.4 Å². The molecule has 0 bridgehead atoms. The van der Waals surface area contributed by atoms with E-state index in [1.807, 2.05) is 4.90 Å². The number of carbonyl (C=O) groups excluding carboxylic acids is 1. The van der Waals surface area contributed by atoms with Gasteiger partial charge in [0.1, 0.15) is 6.17 Å². The maximum absolute atomic E-state index is 12.3. The predicted octanol–water partition coefficient (Wildman–Crippen LogP) is 3.15. The summed E-state index contributed by atoms with van der Waals surface area (Å²) in [6, 6.07) is 4.16. The van der Waals surface area contributed by atoms with Crippen LogP contribution in [0.4, 0.5) is 0 Å². The summed E-state index contributed by atoms with van der Waals surface area (Å²) in [5.74, 6) is 0.270. The van der Waals surface area contributed by atoms with Gasteiger partial charge in [-0.1, -0.05) is 32.8 Å². The van der Waals surface area contributed by atoms with Crippen LogP contribution in [-0.2, 0) is 4.79 Å². The van der Waals surface area contributed by atoms with Crippen LogP contribution in [0, 0.1) is 0 Å². The molecule has 1 aliphatic rings. The van der Waals surface area contributed by atoms with E-state index in [-0.39, 0.29) is 18.1 Å². The van der Waals surface area contributed by atoms with E-state index in [1.54, 1.807) is 11.3 Å². The van der Waals surface area contributed by atoms with Crippen molar-refractivity contribution in [3.8, 4) is 0 Å². The van der Waals surface area contributed by atoms with Crippen molar-refractivity contribution >= 4 is 17.2 Å². The highest BCUT2D eigenvalue weighted by molar-refractivity contribution is 7.10. The number of hydrogen-bond donors (Lipinski definition) is 1. The van der Waals surface area contributed by atoms with Gasteiger partial charge in [0.25, 0.3) is 0 Å². The minimum Gasteiger partial charge on any atom is -0.321 e. The van der Waals surface area contributed by atoms with Crippen LogP contribution in [0.5, 0.6) is 0 Å². The second-order valence-corrected chi connectivity index (χ2v) is 5.76. The second kappa shape index (κ2) is 6.34. The molecule has 3 nitrogen and oxygen atoms in total. The topological polar surface area (TPSA) is 32.3 Å². The first kappa shape index (κ1) is 13.6. The van der Waals surface area contributed by atoms with E-state index in [0.717, 1.165) is 19.4 Å². The fourth-order valence-electron chi connectivity index (χ4n) is 2.43. The first-order chi connectivity index (χ1) is 8.77. The molecular weight excluding hydrogens is 244 g/mol. The summed E-state index contributed by atoms with van der Waals surface area (Å²) in [7, 11) is 0. The molecule has 1 fully saturated rings. The van der Waals surface area contributed by atoms with Crippen molar-refractivity contribution < 1.29 is 4.79 Å². The maximum atomic E-state index is 12.3. The molecule has 0 saturated carbocycles. The average molecular weight is 266 g/mol. The van der Waals surface area contributed by atoms with Gasteiger partial charge in [-0.15, -0.1) is 11.3 Å². The first-order valence-corrected chi connectivity index (χ1v) is 7.75. The Morgan fingerprint density at radius 2 is 2.22 bits per heavy atom. The Morgan fingerprint density at radius 1 is 1.39 bits per heavy atom. The van der Waals surface area contributed by atoms with E-state index < -0.39 is 0 Å². The highest BCUT2D eigenvalue weighted by Crippen LogP contribution is 2.29. The minimum atomic E-state index is -0.00118. The van der Waals surface area contributed by atoms with Crippen LogP contribution < -0.4 is 5.32 Å². The smallest absolute Gasteiger partial charge is 0.241 e. The van der Waals surface area contributed by atoms with Crippen molar-refractivity contribution in [3.63, 3.8) is 0 Å². The number of unbranched alkanes of at least 4 members (excludes halogenated alkanes) is 2. The fourth-order valence-corrected chi connectivity index (χ4v) is 3.22. The lowest BCUT2D eigenvalue weighted by Gasteiger charge is -2.23. The van der Waals surface area contributed by atoms with Gasteiger partial charge in [0.05, 0.1) is 6.04 Å². The largest absolute Gasteiger partial charge is 0.321 e. The standard InChI is InChI=1S/C14H22N2OS/c1-3-5-6-9-16-13(12-8-7-10-18-12)15-11(4-2)14(16)17/h7-8,10-11,13,15H,3-6,9H2,1-2H3. The quantitative estimate of drug-likeness (QED) is 0.802. The molecular formula is C14H22N2OS. The third-order valence-electron chi connectivity index (χ3n) is 3.48. The average Bonchev–Trinajstić information content (AvgIpc) is 2.99. The molecule has 1 aromatic rings. The van der Waals surface area contributed by atoms with Gasteiger partial charge in [-0.25, -0.2) is 0 Å². The van der Waals surface area contributed by atoms with Gasteiger partial charge < -0.3 is 4.90 Å². The summed E-state index contributed by atoms with van der Waals surface area (Å²) in [5, 5.41) is 5.53. The fraction of sp³-hybridized carbons (Fsp3) is 0.643. The molecule has 0 spiro atoms. The normalized spacial score (nSPS) is 23.9. The monoisotopic (exact) mass is 266 g/mol. The van der Waals surface area contributed by atoms with E-state index in [2.05, 4.69) is 36.7 Å². The summed E-state index contributed by atoms with van der Waals surface area (Å²) < 4.78 is 0. The van der Waals surface area contributed by atoms with Gasteiger partial charge in [-0.3, -0.25) is 10.1 Å². The zero-order valence-corrected chi connectivity index (χ0v) is 12.0. The lowest BCUT2D eigenvalue weighted by Crippen LogP contribution is -2.31. The Balaban J connectivity index is 2.08. The molecule has 1 aromatic heterocycles. The Morgan fingerprint density at radius 3 is 2.83 bits per heavy atom. The molecule has 2 rings (SSSR count). The zero-order valence-electron chi connectivity index (χ0n) is 11.2. The van der Waals surface area contributed by atoms with Crippen LogP contribution in [0.2, 0.25) is 0 Å². The first-order valence-electron chi connectivity index (χ1n) is 6.87. The molecule has 0 aliphatic carbocycles. The number of rotatable bonds is 6. The molecule has 1 aliphatic heterocycles. The minimum absolute atomic E-state index is 0.00118. The van der Waals surface area contributed by atoms with E-state index in [0.29, 0.717) is 0 Å². The van der Waals surface area contributed by atoms with Gasteiger partial charge in [-0.2, -0.15) is 0 Å². The third kappa shape index (κ3) is 2.75. The van der Waals surface area contributed by atoms with Gasteiger partial charge >= 0.3 is 0 Å². The molecule has 2 atom stereocenters. The van der Waals surface area contributed by atoms with E-state index in [9.17, 15) is 4.79 Å². The van der Waals surface area contributed by atoms with Crippen molar-refractivity contribution in [3.05, 3.63) is 22.4 Å². The zero-order chi connectivity index (χ0) is 13.0. The Hall–Kier alpha value is -0.870. The maximum Gasteiger partial charge on any atom is 0.241 e. The number of thiophene rings is 1. The van der Waals surface area contributed by atoms with Crippen molar-refractivity contribution in [1.29, 1.82) is 0 Å². The van der Waals surface area contributed by atoms with Gasteiger partial charge in [0.2, 0.25) is 5.91 Å². The lowest BCUT2D eigenvalue weighted by atomic mass is 10.2. The number of nitrogens with zero attached hydrogens (tertiary/aromatic N) is 1. The lowest BCUT2D eigenvalue weighted by molar-refractivity contribution is -0.130. The van der Waals surface area contributed by atoms with E-state index in [1.165, 1.54) is 17.7 Å². The van der Waals surface area contributed by atoms with Crippen LogP contribution in [0.25, 0.3) is 0 Å². The molecule has 1 saturated heterocycles. The molecule has 0 radical (unpaired) electrons. The van der Waals surface area contributed by atoms with E-state index >= 15 is 0 Å². The number of hydrogen-bond acceptors (Lipinski definition) is 3. The SMILES string of the molecule is CCCCCN1C(=O)C(CC)NC1c1cccs1. The van der Waals surface area contributed by atoms with Gasteiger partial charge in [0.15, 0.2) is 0 Å². The second-order valence-electron chi connectivity index (χ2n) is 4.78. The van der Waals surface area contributed by atoms with Crippen molar-refractivity contribution in [2.24, 2.45) is 0 Å². The van der Waals surface area contributed by atoms with Crippen LogP contribution in [-0.4, -0.2) is 23.4 Å². The highest BCUT2D eigenvalue weighted by Gasteiger charge is 2.38. The van der Waals surface area contributed by atoms with Crippen molar-refractivity contribution in [2.45, 2.75) is 51.7 Å². The summed E-state index contributed by atoms with van der Waals surface area (Å²) in [5.41, 5.74) is 0. The number of nitrogens with one attached hydrogen (secondary N) is 1. The molecule has 2 unspecified atom stereocenters. The van der Waals surface area contributed by atoms with Crippen molar-refractivity contribution in [1.82, 2.24) is 10.2 Å². The highest BCUT2D eigenvalue weighted by atomic mass is 32.1. The summed E-state index contributed by atoms with van der Waals surface area (Å²) in [4.78, 5) is 15.6. The molecule has 1 amide bonds. The van der Waals surface area contributed by atoms with Crippen molar-refractivity contribution in [2.75, 3.05) is 6.54 Å². The summed E-state index contributed by atoms with van der Waals surface area (Å²) >= 11 is 1.72. The van der Waals surface area contributed by atoms with Crippen LogP contribution in [0.15, 0.2) is 17.5 Å². The Bertz CT molecular complexity index is 377. The number of amides is 1. The molecule has 1 N–H and O–H groups in total. The van der Waals surface area contributed by atoms with Crippen LogP contribution in [0.3, 0.4) is 0 Å². The number of carbonyl (C=O) groups is 1.